The lowest BCUT2D eigenvalue weighted by Crippen LogP contribution is -2.46. The molecular weight excluding hydrogens is 348 g/mol. The Labute approximate surface area is 160 Å². The van der Waals surface area contributed by atoms with E-state index in [4.69, 9.17) is 11.6 Å². The number of amides is 2. The third kappa shape index (κ3) is 5.44. The van der Waals surface area contributed by atoms with Gasteiger partial charge in [-0.2, -0.15) is 0 Å². The first kappa shape index (κ1) is 18.7. The van der Waals surface area contributed by atoms with Gasteiger partial charge in [0.15, 0.2) is 0 Å². The molecule has 1 fully saturated rings. The predicted octanol–water partition coefficient (Wildman–Crippen LogP) is 3.19. The number of halogens is 1. The second-order valence-corrected chi connectivity index (χ2v) is 7.29. The van der Waals surface area contributed by atoms with Crippen molar-refractivity contribution in [3.63, 3.8) is 0 Å². The number of nitrogens with zero attached hydrogens (tertiary/aromatic N) is 3. The van der Waals surface area contributed by atoms with Gasteiger partial charge in [-0.3, -0.25) is 4.98 Å². The molecule has 0 aliphatic carbocycles. The smallest absolute Gasteiger partial charge is 0.317 e. The molecule has 1 unspecified atom stereocenters. The van der Waals surface area contributed by atoms with E-state index in [0.29, 0.717) is 13.1 Å². The number of urea groups is 1. The normalized spacial score (nSPS) is 17.2. The molecule has 2 amide bonds. The molecule has 0 spiro atoms. The first-order chi connectivity index (χ1) is 12.6. The van der Waals surface area contributed by atoms with E-state index in [1.165, 1.54) is 5.56 Å². The van der Waals surface area contributed by atoms with Gasteiger partial charge < -0.3 is 15.1 Å². The van der Waals surface area contributed by atoms with Crippen LogP contribution in [0.1, 0.15) is 17.5 Å². The summed E-state index contributed by atoms with van der Waals surface area (Å²) < 4.78 is 0. The van der Waals surface area contributed by atoms with Crippen LogP contribution in [-0.4, -0.2) is 53.5 Å². The largest absolute Gasteiger partial charge is 0.334 e. The monoisotopic (exact) mass is 372 g/mol. The van der Waals surface area contributed by atoms with E-state index >= 15 is 0 Å². The van der Waals surface area contributed by atoms with E-state index in [-0.39, 0.29) is 12.1 Å². The Morgan fingerprint density at radius 3 is 2.62 bits per heavy atom. The van der Waals surface area contributed by atoms with Gasteiger partial charge in [0.1, 0.15) is 0 Å². The third-order valence-corrected chi connectivity index (χ3v) is 4.96. The Morgan fingerprint density at radius 2 is 1.96 bits per heavy atom. The molecule has 2 aromatic rings. The summed E-state index contributed by atoms with van der Waals surface area (Å²) in [6.45, 7) is 3.16. The Kier molecular flexibility index (Phi) is 6.47. The summed E-state index contributed by atoms with van der Waals surface area (Å²) in [4.78, 5) is 21.0. The second kappa shape index (κ2) is 9.01. The fourth-order valence-corrected chi connectivity index (χ4v) is 3.32. The van der Waals surface area contributed by atoms with E-state index in [1.807, 2.05) is 41.3 Å². The molecule has 26 heavy (non-hydrogen) atoms. The predicted molar refractivity (Wildman–Crippen MR) is 104 cm³/mol. The summed E-state index contributed by atoms with van der Waals surface area (Å²) in [5.41, 5.74) is 2.25. The van der Waals surface area contributed by atoms with Gasteiger partial charge in [0.2, 0.25) is 0 Å². The Hall–Kier alpha value is -2.11. The van der Waals surface area contributed by atoms with Crippen molar-refractivity contribution < 1.29 is 4.79 Å². The van der Waals surface area contributed by atoms with E-state index in [0.717, 1.165) is 36.5 Å². The van der Waals surface area contributed by atoms with Gasteiger partial charge >= 0.3 is 6.03 Å². The molecule has 5 nitrogen and oxygen atoms in total. The zero-order valence-corrected chi connectivity index (χ0v) is 15.8. The molecule has 1 aromatic carbocycles. The number of benzene rings is 1. The van der Waals surface area contributed by atoms with Crippen LogP contribution in [0.2, 0.25) is 5.02 Å². The van der Waals surface area contributed by atoms with Crippen molar-refractivity contribution in [2.75, 3.05) is 26.7 Å². The average Bonchev–Trinajstić information content (AvgIpc) is 3.05. The van der Waals surface area contributed by atoms with Crippen molar-refractivity contribution in [1.82, 2.24) is 20.1 Å². The molecule has 0 bridgehead atoms. The Balaban J connectivity index is 1.64. The summed E-state index contributed by atoms with van der Waals surface area (Å²) in [6, 6.07) is 11.9. The number of likely N-dealkylation sites (tertiary alicyclic amines) is 1. The number of nitrogens with one attached hydrogen (secondary N) is 1. The average molecular weight is 373 g/mol. The van der Waals surface area contributed by atoms with Crippen molar-refractivity contribution in [3.05, 3.63) is 64.9 Å². The number of likely N-dealkylation sites (N-methyl/N-ethyl adjacent to an activating group) is 1. The highest BCUT2D eigenvalue weighted by Gasteiger charge is 2.23. The van der Waals surface area contributed by atoms with Crippen molar-refractivity contribution in [2.24, 2.45) is 0 Å². The second-order valence-electron chi connectivity index (χ2n) is 6.85. The SMILES string of the molecule is CN1CCC(NC(=O)N(CCc2ccc(Cl)cc2)Cc2ccncc2)C1. The van der Waals surface area contributed by atoms with Gasteiger partial charge in [-0.1, -0.05) is 23.7 Å². The Morgan fingerprint density at radius 1 is 1.23 bits per heavy atom. The lowest BCUT2D eigenvalue weighted by atomic mass is 10.1. The maximum absolute atomic E-state index is 12.8. The number of aromatic nitrogens is 1. The van der Waals surface area contributed by atoms with Crippen LogP contribution in [0.4, 0.5) is 4.79 Å². The zero-order chi connectivity index (χ0) is 18.4. The first-order valence-electron chi connectivity index (χ1n) is 8.97. The van der Waals surface area contributed by atoms with Gasteiger partial charge in [0.05, 0.1) is 0 Å². The van der Waals surface area contributed by atoms with Gasteiger partial charge in [-0.25, -0.2) is 4.79 Å². The summed E-state index contributed by atoms with van der Waals surface area (Å²) in [6.07, 6.45) is 5.32. The van der Waals surface area contributed by atoms with Crippen LogP contribution in [-0.2, 0) is 13.0 Å². The fourth-order valence-electron chi connectivity index (χ4n) is 3.19. The summed E-state index contributed by atoms with van der Waals surface area (Å²) in [5.74, 6) is 0. The standard InChI is InChI=1S/C20H25ClN4O/c1-24-12-9-19(15-24)23-20(26)25(14-17-6-10-22-11-7-17)13-8-16-2-4-18(21)5-3-16/h2-7,10-11,19H,8-9,12-15H2,1H3,(H,23,26). The molecule has 0 saturated carbocycles. The zero-order valence-electron chi connectivity index (χ0n) is 15.1. The van der Waals surface area contributed by atoms with Gasteiger partial charge in [-0.05, 0) is 61.8 Å². The summed E-state index contributed by atoms with van der Waals surface area (Å²) in [7, 11) is 2.08. The quantitative estimate of drug-likeness (QED) is 0.847. The van der Waals surface area contributed by atoms with Crippen LogP contribution in [0.3, 0.4) is 0 Å². The molecule has 0 radical (unpaired) electrons. The maximum atomic E-state index is 12.8. The highest BCUT2D eigenvalue weighted by Crippen LogP contribution is 2.13. The van der Waals surface area contributed by atoms with E-state index in [2.05, 4.69) is 22.2 Å². The van der Waals surface area contributed by atoms with Crippen LogP contribution >= 0.6 is 11.6 Å². The Bertz CT molecular complexity index is 708. The van der Waals surface area contributed by atoms with Crippen LogP contribution in [0.5, 0.6) is 0 Å². The number of carbonyl (C=O) groups is 1. The number of hydrogen-bond donors (Lipinski definition) is 1. The molecule has 1 atom stereocenters. The van der Waals surface area contributed by atoms with Crippen LogP contribution < -0.4 is 5.32 Å². The van der Waals surface area contributed by atoms with Crippen molar-refractivity contribution >= 4 is 17.6 Å². The van der Waals surface area contributed by atoms with Crippen molar-refractivity contribution in [1.29, 1.82) is 0 Å². The molecule has 1 aliphatic rings. The van der Waals surface area contributed by atoms with E-state index in [9.17, 15) is 4.79 Å². The van der Waals surface area contributed by atoms with Gasteiger partial charge in [0.25, 0.3) is 0 Å². The minimum absolute atomic E-state index is 0.00363. The van der Waals surface area contributed by atoms with E-state index in [1.54, 1.807) is 12.4 Å². The number of hydrogen-bond acceptors (Lipinski definition) is 3. The lowest BCUT2D eigenvalue weighted by Gasteiger charge is -2.25. The topological polar surface area (TPSA) is 48.5 Å². The van der Waals surface area contributed by atoms with Gasteiger partial charge in [0, 0.05) is 43.1 Å². The minimum atomic E-state index is -0.00363. The molecule has 138 valence electrons. The molecule has 1 aliphatic heterocycles. The van der Waals surface area contributed by atoms with Crippen LogP contribution in [0.25, 0.3) is 0 Å². The summed E-state index contributed by atoms with van der Waals surface area (Å²) in [5, 5.41) is 3.91. The lowest BCUT2D eigenvalue weighted by molar-refractivity contribution is 0.191. The fraction of sp³-hybridized carbons (Fsp3) is 0.400. The maximum Gasteiger partial charge on any atom is 0.317 e. The van der Waals surface area contributed by atoms with Crippen molar-refractivity contribution in [2.45, 2.75) is 25.4 Å². The number of pyridine rings is 1. The van der Waals surface area contributed by atoms with Crippen molar-refractivity contribution in [3.8, 4) is 0 Å². The highest BCUT2D eigenvalue weighted by atomic mass is 35.5. The molecule has 1 N–H and O–H groups in total. The van der Waals surface area contributed by atoms with E-state index < -0.39 is 0 Å². The number of carbonyl (C=O) groups excluding carboxylic acids is 1. The molecule has 6 heteroatoms. The number of rotatable bonds is 6. The third-order valence-electron chi connectivity index (χ3n) is 4.71. The summed E-state index contributed by atoms with van der Waals surface area (Å²) >= 11 is 5.95. The molecule has 2 heterocycles. The highest BCUT2D eigenvalue weighted by molar-refractivity contribution is 6.30. The molecule has 1 aromatic heterocycles. The first-order valence-corrected chi connectivity index (χ1v) is 9.35. The van der Waals surface area contributed by atoms with Crippen LogP contribution in [0.15, 0.2) is 48.8 Å². The van der Waals surface area contributed by atoms with Gasteiger partial charge in [-0.15, -0.1) is 0 Å². The molecule has 3 rings (SSSR count). The molecular formula is C20H25ClN4O. The van der Waals surface area contributed by atoms with Crippen LogP contribution in [0, 0.1) is 0 Å². The minimum Gasteiger partial charge on any atom is -0.334 e. The molecule has 1 saturated heterocycles.